The number of ether oxygens (including phenoxy) is 2. The Labute approximate surface area is 170 Å². The maximum atomic E-state index is 13.3. The zero-order valence-electron chi connectivity index (χ0n) is 16.8. The third-order valence-electron chi connectivity index (χ3n) is 5.19. The van der Waals surface area contributed by atoms with Gasteiger partial charge in [-0.05, 0) is 54.8 Å². The van der Waals surface area contributed by atoms with Crippen molar-refractivity contribution in [3.05, 3.63) is 59.9 Å². The summed E-state index contributed by atoms with van der Waals surface area (Å²) in [5.41, 5.74) is 1.59. The highest BCUT2D eigenvalue weighted by Crippen LogP contribution is 2.45. The standard InChI is InChI=1S/C23H26FNO4/c1-3-4-15-29-19-11-5-16(6-12-19)22-20(13-14-21(26)28-2)23(27)25(22)18-9-7-17(24)8-10-18/h5-12,20,22H,3-4,13-15H2,1-2H3/t20-,22-/m1/s1. The number of amides is 1. The van der Waals surface area contributed by atoms with E-state index in [0.29, 0.717) is 18.7 Å². The summed E-state index contributed by atoms with van der Waals surface area (Å²) in [6.07, 6.45) is 2.64. The van der Waals surface area contributed by atoms with Gasteiger partial charge in [0.25, 0.3) is 0 Å². The van der Waals surface area contributed by atoms with E-state index in [1.54, 1.807) is 17.0 Å². The first-order valence-electron chi connectivity index (χ1n) is 9.93. The van der Waals surface area contributed by atoms with Gasteiger partial charge in [0.15, 0.2) is 0 Å². The minimum Gasteiger partial charge on any atom is -0.494 e. The lowest BCUT2D eigenvalue weighted by molar-refractivity contribution is -0.141. The van der Waals surface area contributed by atoms with Crippen molar-refractivity contribution in [2.45, 2.75) is 38.6 Å². The molecule has 0 aliphatic carbocycles. The van der Waals surface area contributed by atoms with Gasteiger partial charge in [-0.3, -0.25) is 9.59 Å². The lowest BCUT2D eigenvalue weighted by atomic mass is 9.79. The van der Waals surface area contributed by atoms with Crippen LogP contribution in [0.5, 0.6) is 5.75 Å². The fourth-order valence-corrected chi connectivity index (χ4v) is 3.57. The first kappa shape index (κ1) is 20.8. The maximum Gasteiger partial charge on any atom is 0.305 e. The van der Waals surface area contributed by atoms with E-state index in [1.807, 2.05) is 24.3 Å². The second kappa shape index (κ2) is 9.54. The predicted molar refractivity (Wildman–Crippen MR) is 108 cm³/mol. The lowest BCUT2D eigenvalue weighted by Crippen LogP contribution is -2.55. The molecule has 1 amide bonds. The summed E-state index contributed by atoms with van der Waals surface area (Å²) in [7, 11) is 1.34. The predicted octanol–water partition coefficient (Wildman–Crippen LogP) is 4.66. The van der Waals surface area contributed by atoms with Crippen molar-refractivity contribution in [3.8, 4) is 5.75 Å². The summed E-state index contributed by atoms with van der Waals surface area (Å²) in [5, 5.41) is 0. The Kier molecular flexibility index (Phi) is 6.86. The summed E-state index contributed by atoms with van der Waals surface area (Å²) in [4.78, 5) is 26.0. The van der Waals surface area contributed by atoms with Crippen molar-refractivity contribution in [1.29, 1.82) is 0 Å². The molecule has 154 valence electrons. The second-order valence-corrected chi connectivity index (χ2v) is 7.12. The molecule has 1 aliphatic heterocycles. The molecule has 0 radical (unpaired) electrons. The van der Waals surface area contributed by atoms with Gasteiger partial charge in [0, 0.05) is 12.1 Å². The number of hydrogen-bond donors (Lipinski definition) is 0. The molecule has 2 aromatic carbocycles. The molecule has 0 bridgehead atoms. The number of methoxy groups -OCH3 is 1. The number of rotatable bonds is 9. The van der Waals surface area contributed by atoms with Gasteiger partial charge in [-0.2, -0.15) is 0 Å². The van der Waals surface area contributed by atoms with Crippen molar-refractivity contribution in [1.82, 2.24) is 0 Å². The van der Waals surface area contributed by atoms with Crippen LogP contribution in [-0.4, -0.2) is 25.6 Å². The zero-order valence-corrected chi connectivity index (χ0v) is 16.8. The van der Waals surface area contributed by atoms with Crippen LogP contribution in [0.1, 0.15) is 44.2 Å². The Bertz CT molecular complexity index is 835. The molecule has 3 rings (SSSR count). The van der Waals surface area contributed by atoms with Crippen LogP contribution in [0.3, 0.4) is 0 Å². The average molecular weight is 399 g/mol. The smallest absolute Gasteiger partial charge is 0.305 e. The topological polar surface area (TPSA) is 55.8 Å². The highest BCUT2D eigenvalue weighted by atomic mass is 19.1. The largest absolute Gasteiger partial charge is 0.494 e. The number of nitrogens with zero attached hydrogens (tertiary/aromatic N) is 1. The summed E-state index contributed by atoms with van der Waals surface area (Å²) >= 11 is 0. The molecule has 1 saturated heterocycles. The van der Waals surface area contributed by atoms with Gasteiger partial charge in [-0.15, -0.1) is 0 Å². The number of carbonyl (C=O) groups is 2. The van der Waals surface area contributed by atoms with Crippen LogP contribution in [0.2, 0.25) is 0 Å². The number of halogens is 1. The number of hydrogen-bond acceptors (Lipinski definition) is 4. The Morgan fingerprint density at radius 1 is 1.10 bits per heavy atom. The van der Waals surface area contributed by atoms with Gasteiger partial charge in [0.2, 0.25) is 5.91 Å². The van der Waals surface area contributed by atoms with E-state index in [1.165, 1.54) is 19.2 Å². The van der Waals surface area contributed by atoms with Gasteiger partial charge in [0.05, 0.1) is 25.7 Å². The third-order valence-corrected chi connectivity index (χ3v) is 5.19. The molecule has 1 heterocycles. The van der Waals surface area contributed by atoms with E-state index >= 15 is 0 Å². The molecule has 0 aromatic heterocycles. The molecule has 0 spiro atoms. The quantitative estimate of drug-likeness (QED) is 0.350. The minimum atomic E-state index is -0.353. The monoisotopic (exact) mass is 399 g/mol. The first-order valence-corrected chi connectivity index (χ1v) is 9.93. The molecule has 0 N–H and O–H groups in total. The number of esters is 1. The first-order chi connectivity index (χ1) is 14.0. The van der Waals surface area contributed by atoms with E-state index in [9.17, 15) is 14.0 Å². The van der Waals surface area contributed by atoms with Crippen LogP contribution in [0.15, 0.2) is 48.5 Å². The SMILES string of the molecule is CCCCOc1ccc([C@@H]2[C@@H](CCC(=O)OC)C(=O)N2c2ccc(F)cc2)cc1. The van der Waals surface area contributed by atoms with Crippen molar-refractivity contribution in [3.63, 3.8) is 0 Å². The lowest BCUT2D eigenvalue weighted by Gasteiger charge is -2.47. The number of unbranched alkanes of at least 4 members (excludes halogenated alkanes) is 1. The number of β-lactam (4-membered cyclic amide) rings is 1. The van der Waals surface area contributed by atoms with Crippen molar-refractivity contribution in [2.24, 2.45) is 5.92 Å². The zero-order chi connectivity index (χ0) is 20.8. The van der Waals surface area contributed by atoms with Crippen LogP contribution < -0.4 is 9.64 Å². The van der Waals surface area contributed by atoms with E-state index in [2.05, 4.69) is 6.92 Å². The van der Waals surface area contributed by atoms with Gasteiger partial charge >= 0.3 is 5.97 Å². The second-order valence-electron chi connectivity index (χ2n) is 7.12. The average Bonchev–Trinajstić information content (AvgIpc) is 2.74. The molecule has 0 saturated carbocycles. The van der Waals surface area contributed by atoms with Crippen LogP contribution in [0.25, 0.3) is 0 Å². The molecule has 29 heavy (non-hydrogen) atoms. The molecule has 2 atom stereocenters. The van der Waals surface area contributed by atoms with E-state index in [0.717, 1.165) is 24.2 Å². The van der Waals surface area contributed by atoms with Gasteiger partial charge in [0.1, 0.15) is 11.6 Å². The van der Waals surface area contributed by atoms with Crippen molar-refractivity contribution < 1.29 is 23.5 Å². The van der Waals surface area contributed by atoms with Crippen LogP contribution >= 0.6 is 0 Å². The molecule has 0 unspecified atom stereocenters. The maximum absolute atomic E-state index is 13.3. The fourth-order valence-electron chi connectivity index (χ4n) is 3.57. The van der Waals surface area contributed by atoms with Gasteiger partial charge < -0.3 is 14.4 Å². The molecule has 2 aromatic rings. The molecule has 5 nitrogen and oxygen atoms in total. The van der Waals surface area contributed by atoms with Gasteiger partial charge in [-0.1, -0.05) is 25.5 Å². The minimum absolute atomic E-state index is 0.0752. The van der Waals surface area contributed by atoms with Crippen molar-refractivity contribution >= 4 is 17.6 Å². The fraction of sp³-hybridized carbons (Fsp3) is 0.391. The van der Waals surface area contributed by atoms with Crippen molar-refractivity contribution in [2.75, 3.05) is 18.6 Å². The summed E-state index contributed by atoms with van der Waals surface area (Å²) < 4.78 is 23.7. The summed E-state index contributed by atoms with van der Waals surface area (Å²) in [5.74, 6) is -0.308. The third kappa shape index (κ3) is 4.75. The Morgan fingerprint density at radius 2 is 1.79 bits per heavy atom. The molecule has 6 heteroatoms. The van der Waals surface area contributed by atoms with Crippen LogP contribution in [0, 0.1) is 11.7 Å². The Hall–Kier alpha value is -2.89. The summed E-state index contributed by atoms with van der Waals surface area (Å²) in [6, 6.07) is 13.3. The molecular weight excluding hydrogens is 373 g/mol. The van der Waals surface area contributed by atoms with Crippen LogP contribution in [0.4, 0.5) is 10.1 Å². The Morgan fingerprint density at radius 3 is 2.41 bits per heavy atom. The number of carbonyl (C=O) groups excluding carboxylic acids is 2. The Balaban J connectivity index is 1.81. The highest BCUT2D eigenvalue weighted by molar-refractivity contribution is 6.03. The number of benzene rings is 2. The molecule has 1 fully saturated rings. The van der Waals surface area contributed by atoms with Gasteiger partial charge in [-0.25, -0.2) is 4.39 Å². The molecule has 1 aliphatic rings. The van der Waals surface area contributed by atoms with E-state index < -0.39 is 0 Å². The van der Waals surface area contributed by atoms with E-state index in [-0.39, 0.29) is 36.1 Å². The molecular formula is C23H26FNO4. The summed E-state index contributed by atoms with van der Waals surface area (Å²) in [6.45, 7) is 2.78. The normalized spacial score (nSPS) is 18.3. The highest BCUT2D eigenvalue weighted by Gasteiger charge is 2.48. The number of anilines is 1. The van der Waals surface area contributed by atoms with Crippen LogP contribution in [-0.2, 0) is 14.3 Å². The van der Waals surface area contributed by atoms with E-state index in [4.69, 9.17) is 9.47 Å².